The van der Waals surface area contributed by atoms with Crippen LogP contribution in [0, 0.1) is 0 Å². The first kappa shape index (κ1) is 6.99. The van der Waals surface area contributed by atoms with Crippen molar-refractivity contribution in [1.82, 2.24) is 5.06 Å². The SMILES string of the molecule is CC(C)N1COCCO1. The van der Waals surface area contributed by atoms with E-state index in [-0.39, 0.29) is 0 Å². The predicted molar refractivity (Wildman–Crippen MR) is 33.7 cm³/mol. The Bertz CT molecular complexity index is 79.1. The van der Waals surface area contributed by atoms with E-state index in [9.17, 15) is 0 Å². The minimum atomic E-state index is 0.422. The van der Waals surface area contributed by atoms with Crippen LogP contribution in [-0.4, -0.2) is 31.0 Å². The average Bonchev–Trinajstić information content (AvgIpc) is 1.90. The lowest BCUT2D eigenvalue weighted by atomic mass is 10.4. The smallest absolute Gasteiger partial charge is 0.122 e. The Morgan fingerprint density at radius 1 is 1.33 bits per heavy atom. The van der Waals surface area contributed by atoms with Crippen LogP contribution in [0.25, 0.3) is 0 Å². The minimum Gasteiger partial charge on any atom is -0.361 e. The molecule has 1 aliphatic rings. The fourth-order valence-electron chi connectivity index (χ4n) is 0.703. The van der Waals surface area contributed by atoms with Gasteiger partial charge in [0, 0.05) is 6.04 Å². The van der Waals surface area contributed by atoms with Gasteiger partial charge in [0.15, 0.2) is 0 Å². The molecule has 0 saturated carbocycles. The minimum absolute atomic E-state index is 0.422. The Kier molecular flexibility index (Phi) is 2.45. The number of rotatable bonds is 1. The molecular weight excluding hydrogens is 118 g/mol. The molecule has 0 spiro atoms. The van der Waals surface area contributed by atoms with Crippen LogP contribution in [0.4, 0.5) is 0 Å². The maximum absolute atomic E-state index is 5.25. The molecule has 0 aliphatic carbocycles. The van der Waals surface area contributed by atoms with Gasteiger partial charge in [0.25, 0.3) is 0 Å². The third-order valence-electron chi connectivity index (χ3n) is 1.28. The molecular formula is C6H13NO2. The van der Waals surface area contributed by atoms with Gasteiger partial charge in [0.05, 0.1) is 13.2 Å². The first-order valence-corrected chi connectivity index (χ1v) is 3.28. The lowest BCUT2D eigenvalue weighted by molar-refractivity contribution is -0.270. The second-order valence-electron chi connectivity index (χ2n) is 2.38. The van der Waals surface area contributed by atoms with Gasteiger partial charge in [-0.1, -0.05) is 0 Å². The second-order valence-corrected chi connectivity index (χ2v) is 2.38. The number of hydrogen-bond acceptors (Lipinski definition) is 3. The summed E-state index contributed by atoms with van der Waals surface area (Å²) < 4.78 is 5.14. The monoisotopic (exact) mass is 131 g/mol. The number of nitrogens with zero attached hydrogens (tertiary/aromatic N) is 1. The summed E-state index contributed by atoms with van der Waals surface area (Å²) in [5, 5.41) is 1.84. The van der Waals surface area contributed by atoms with Gasteiger partial charge in [-0.05, 0) is 13.8 Å². The summed E-state index contributed by atoms with van der Waals surface area (Å²) in [7, 11) is 0. The van der Waals surface area contributed by atoms with Crippen LogP contribution < -0.4 is 0 Å². The molecule has 0 aromatic carbocycles. The van der Waals surface area contributed by atoms with Crippen LogP contribution >= 0.6 is 0 Å². The summed E-state index contributed by atoms with van der Waals surface area (Å²) in [5.74, 6) is 0. The highest BCUT2D eigenvalue weighted by Gasteiger charge is 2.13. The molecule has 3 heteroatoms. The van der Waals surface area contributed by atoms with Crippen molar-refractivity contribution in [3.8, 4) is 0 Å². The molecule has 1 saturated heterocycles. The number of hydrogen-bond donors (Lipinski definition) is 0. The van der Waals surface area contributed by atoms with Gasteiger partial charge in [-0.2, -0.15) is 5.06 Å². The molecule has 0 aromatic heterocycles. The molecule has 0 unspecified atom stereocenters. The first-order valence-electron chi connectivity index (χ1n) is 3.28. The van der Waals surface area contributed by atoms with Crippen LogP contribution in [0.1, 0.15) is 13.8 Å². The van der Waals surface area contributed by atoms with Gasteiger partial charge in [-0.3, -0.25) is 4.84 Å². The maximum Gasteiger partial charge on any atom is 0.122 e. The van der Waals surface area contributed by atoms with Crippen molar-refractivity contribution in [2.75, 3.05) is 19.9 Å². The largest absolute Gasteiger partial charge is 0.361 e. The van der Waals surface area contributed by atoms with Crippen molar-refractivity contribution >= 4 is 0 Å². The van der Waals surface area contributed by atoms with Crippen molar-refractivity contribution in [2.45, 2.75) is 19.9 Å². The molecule has 0 atom stereocenters. The van der Waals surface area contributed by atoms with Crippen LogP contribution in [0.5, 0.6) is 0 Å². The van der Waals surface area contributed by atoms with Crippen LogP contribution in [0.3, 0.4) is 0 Å². The zero-order valence-electron chi connectivity index (χ0n) is 5.96. The summed E-state index contributed by atoms with van der Waals surface area (Å²) in [4.78, 5) is 5.25. The van der Waals surface area contributed by atoms with E-state index in [1.165, 1.54) is 0 Å². The van der Waals surface area contributed by atoms with E-state index in [0.717, 1.165) is 6.61 Å². The molecule has 0 radical (unpaired) electrons. The Morgan fingerprint density at radius 2 is 2.11 bits per heavy atom. The first-order chi connectivity index (χ1) is 4.30. The molecule has 3 nitrogen and oxygen atoms in total. The van der Waals surface area contributed by atoms with Gasteiger partial charge < -0.3 is 4.74 Å². The van der Waals surface area contributed by atoms with Crippen molar-refractivity contribution < 1.29 is 9.57 Å². The summed E-state index contributed by atoms with van der Waals surface area (Å²) in [6.07, 6.45) is 0. The lowest BCUT2D eigenvalue weighted by Crippen LogP contribution is -2.38. The van der Waals surface area contributed by atoms with Crippen molar-refractivity contribution in [3.05, 3.63) is 0 Å². The molecule has 1 heterocycles. The van der Waals surface area contributed by atoms with Gasteiger partial charge in [-0.15, -0.1) is 0 Å². The van der Waals surface area contributed by atoms with E-state index in [1.807, 2.05) is 5.06 Å². The highest BCUT2D eigenvalue weighted by molar-refractivity contribution is 4.49. The Labute approximate surface area is 55.5 Å². The standard InChI is InChI=1S/C6H13NO2/c1-6(2)7-5-8-3-4-9-7/h6H,3-5H2,1-2H3. The molecule has 1 aliphatic heterocycles. The zero-order valence-corrected chi connectivity index (χ0v) is 5.96. The van der Waals surface area contributed by atoms with Gasteiger partial charge in [0.2, 0.25) is 0 Å². The number of ether oxygens (including phenoxy) is 1. The van der Waals surface area contributed by atoms with Crippen molar-refractivity contribution in [1.29, 1.82) is 0 Å². The topological polar surface area (TPSA) is 21.7 Å². The van der Waals surface area contributed by atoms with Crippen LogP contribution in [0.2, 0.25) is 0 Å². The molecule has 0 amide bonds. The average molecular weight is 131 g/mol. The van der Waals surface area contributed by atoms with Gasteiger partial charge in [0.1, 0.15) is 6.73 Å². The van der Waals surface area contributed by atoms with E-state index in [2.05, 4.69) is 13.8 Å². The Hall–Kier alpha value is -0.120. The summed E-state index contributed by atoms with van der Waals surface area (Å²) >= 11 is 0. The molecule has 0 N–H and O–H groups in total. The van der Waals surface area contributed by atoms with E-state index in [0.29, 0.717) is 19.4 Å². The molecule has 54 valence electrons. The fraction of sp³-hybridized carbons (Fsp3) is 1.00. The second kappa shape index (κ2) is 3.15. The lowest BCUT2D eigenvalue weighted by Gasteiger charge is -2.28. The van der Waals surface area contributed by atoms with E-state index in [4.69, 9.17) is 9.57 Å². The number of hydroxylamine groups is 2. The molecule has 9 heavy (non-hydrogen) atoms. The third kappa shape index (κ3) is 1.93. The summed E-state index contributed by atoms with van der Waals surface area (Å²) in [6, 6.07) is 0.422. The predicted octanol–water partition coefficient (Wildman–Crippen LogP) is 0.616. The molecule has 0 bridgehead atoms. The van der Waals surface area contributed by atoms with E-state index < -0.39 is 0 Å². The van der Waals surface area contributed by atoms with Crippen molar-refractivity contribution in [3.63, 3.8) is 0 Å². The van der Waals surface area contributed by atoms with Crippen LogP contribution in [0.15, 0.2) is 0 Å². The van der Waals surface area contributed by atoms with E-state index in [1.54, 1.807) is 0 Å². The molecule has 1 rings (SSSR count). The highest BCUT2D eigenvalue weighted by Crippen LogP contribution is 2.02. The molecule has 1 fully saturated rings. The zero-order chi connectivity index (χ0) is 6.69. The maximum atomic E-state index is 5.25. The molecule has 0 aromatic rings. The van der Waals surface area contributed by atoms with Gasteiger partial charge >= 0.3 is 0 Å². The highest BCUT2D eigenvalue weighted by atomic mass is 16.7. The fourth-order valence-corrected chi connectivity index (χ4v) is 0.703. The van der Waals surface area contributed by atoms with E-state index >= 15 is 0 Å². The quantitative estimate of drug-likeness (QED) is 0.520. The van der Waals surface area contributed by atoms with Crippen molar-refractivity contribution in [2.24, 2.45) is 0 Å². The van der Waals surface area contributed by atoms with Gasteiger partial charge in [-0.25, -0.2) is 0 Å². The summed E-state index contributed by atoms with van der Waals surface area (Å²) in [5.41, 5.74) is 0. The van der Waals surface area contributed by atoms with Crippen LogP contribution in [-0.2, 0) is 9.57 Å². The Morgan fingerprint density at radius 3 is 2.44 bits per heavy atom. The Balaban J connectivity index is 2.23. The summed E-state index contributed by atoms with van der Waals surface area (Å²) in [6.45, 7) is 6.18. The third-order valence-corrected chi connectivity index (χ3v) is 1.28. The normalized spacial score (nSPS) is 23.0.